The summed E-state index contributed by atoms with van der Waals surface area (Å²) in [7, 11) is 0. The number of rotatable bonds is 5. The van der Waals surface area contributed by atoms with E-state index in [0.29, 0.717) is 0 Å². The van der Waals surface area contributed by atoms with Crippen LogP contribution in [-0.2, 0) is 16.0 Å². The van der Waals surface area contributed by atoms with E-state index < -0.39 is 24.1 Å². The molecule has 0 spiro atoms. The van der Waals surface area contributed by atoms with Gasteiger partial charge in [0.1, 0.15) is 0 Å². The summed E-state index contributed by atoms with van der Waals surface area (Å²) in [5.74, 6) is -2.27. The molecule has 0 atom stereocenters. The van der Waals surface area contributed by atoms with Crippen molar-refractivity contribution < 1.29 is 27.4 Å². The van der Waals surface area contributed by atoms with E-state index >= 15 is 0 Å². The lowest BCUT2D eigenvalue weighted by Crippen LogP contribution is -2.09. The van der Waals surface area contributed by atoms with Crippen molar-refractivity contribution in [3.8, 4) is 5.75 Å². The molecule has 0 unspecified atom stereocenters. The molecule has 0 radical (unpaired) electrons. The van der Waals surface area contributed by atoms with Crippen LogP contribution in [0.4, 0.5) is 13.2 Å². The molecule has 0 bridgehead atoms. The summed E-state index contributed by atoms with van der Waals surface area (Å²) in [6.45, 7) is -1.36. The standard InChI is InChI=1S/C11H10ClF3O3/c1-2-17-10(16)4-6-3-9(18-11(14)15)8(13)5-7(6)12/h3,5,11H,2,4H2,1H3. The van der Waals surface area contributed by atoms with Crippen LogP contribution in [0, 0.1) is 5.82 Å². The summed E-state index contributed by atoms with van der Waals surface area (Å²) < 4.78 is 45.9. The number of alkyl halides is 2. The first-order valence-corrected chi connectivity index (χ1v) is 5.40. The molecular formula is C11H10ClF3O3. The van der Waals surface area contributed by atoms with Crippen molar-refractivity contribution >= 4 is 17.6 Å². The number of esters is 1. The van der Waals surface area contributed by atoms with Crippen LogP contribution in [0.5, 0.6) is 5.75 Å². The third-order valence-corrected chi connectivity index (χ3v) is 2.31. The number of hydrogen-bond acceptors (Lipinski definition) is 3. The fraction of sp³-hybridized carbons (Fsp3) is 0.364. The van der Waals surface area contributed by atoms with Gasteiger partial charge >= 0.3 is 12.6 Å². The molecule has 1 aromatic rings. The molecule has 1 rings (SSSR count). The SMILES string of the molecule is CCOC(=O)Cc1cc(OC(F)F)c(F)cc1Cl. The Morgan fingerprint density at radius 3 is 2.67 bits per heavy atom. The first kappa shape index (κ1) is 14.6. The monoisotopic (exact) mass is 282 g/mol. The zero-order valence-corrected chi connectivity index (χ0v) is 10.1. The number of halogens is 4. The van der Waals surface area contributed by atoms with Gasteiger partial charge in [0.15, 0.2) is 11.6 Å². The Kier molecular flexibility index (Phi) is 5.27. The van der Waals surface area contributed by atoms with Crippen molar-refractivity contribution in [3.63, 3.8) is 0 Å². The molecule has 0 heterocycles. The molecule has 7 heteroatoms. The van der Waals surface area contributed by atoms with Gasteiger partial charge in [-0.05, 0) is 24.6 Å². The maximum atomic E-state index is 13.2. The summed E-state index contributed by atoms with van der Waals surface area (Å²) in [4.78, 5) is 11.2. The molecule has 0 aliphatic carbocycles. The highest BCUT2D eigenvalue weighted by atomic mass is 35.5. The van der Waals surface area contributed by atoms with Crippen LogP contribution < -0.4 is 4.74 Å². The minimum atomic E-state index is -3.16. The van der Waals surface area contributed by atoms with Gasteiger partial charge in [-0.25, -0.2) is 4.39 Å². The highest BCUT2D eigenvalue weighted by molar-refractivity contribution is 6.31. The molecule has 100 valence electrons. The third-order valence-electron chi connectivity index (χ3n) is 1.96. The van der Waals surface area contributed by atoms with Gasteiger partial charge in [-0.3, -0.25) is 4.79 Å². The fourth-order valence-corrected chi connectivity index (χ4v) is 1.48. The minimum absolute atomic E-state index is 0.0535. The normalized spacial score (nSPS) is 10.6. The lowest BCUT2D eigenvalue weighted by Gasteiger charge is -2.09. The molecule has 0 aliphatic rings. The molecule has 3 nitrogen and oxygen atoms in total. The van der Waals surface area contributed by atoms with Crippen LogP contribution in [-0.4, -0.2) is 19.2 Å². The van der Waals surface area contributed by atoms with Crippen molar-refractivity contribution in [2.75, 3.05) is 6.61 Å². The molecule has 0 N–H and O–H groups in total. The van der Waals surface area contributed by atoms with E-state index in [2.05, 4.69) is 9.47 Å². The summed E-state index contributed by atoms with van der Waals surface area (Å²) in [6.07, 6.45) is -0.244. The van der Waals surface area contributed by atoms with Gasteiger partial charge in [-0.2, -0.15) is 8.78 Å². The predicted molar refractivity (Wildman–Crippen MR) is 58.4 cm³/mol. The summed E-state index contributed by atoms with van der Waals surface area (Å²) >= 11 is 5.69. The molecule has 1 aromatic carbocycles. The lowest BCUT2D eigenvalue weighted by atomic mass is 10.1. The third kappa shape index (κ3) is 4.10. The van der Waals surface area contributed by atoms with Crippen molar-refractivity contribution in [2.24, 2.45) is 0 Å². The molecular weight excluding hydrogens is 273 g/mol. The van der Waals surface area contributed by atoms with E-state index in [9.17, 15) is 18.0 Å². The van der Waals surface area contributed by atoms with Crippen molar-refractivity contribution in [3.05, 3.63) is 28.5 Å². The highest BCUT2D eigenvalue weighted by Crippen LogP contribution is 2.27. The summed E-state index contributed by atoms with van der Waals surface area (Å²) in [6, 6.07) is 1.77. The smallest absolute Gasteiger partial charge is 0.387 e. The first-order chi connectivity index (χ1) is 8.43. The summed E-state index contributed by atoms with van der Waals surface area (Å²) in [5.41, 5.74) is 0.159. The molecule has 18 heavy (non-hydrogen) atoms. The van der Waals surface area contributed by atoms with Crippen LogP contribution in [0.15, 0.2) is 12.1 Å². The quantitative estimate of drug-likeness (QED) is 0.778. The van der Waals surface area contributed by atoms with Crippen molar-refractivity contribution in [2.45, 2.75) is 20.0 Å². The van der Waals surface area contributed by atoms with E-state index in [4.69, 9.17) is 11.6 Å². The topological polar surface area (TPSA) is 35.5 Å². The van der Waals surface area contributed by atoms with Crippen LogP contribution in [0.2, 0.25) is 5.02 Å². The number of carbonyl (C=O) groups excluding carboxylic acids is 1. The largest absolute Gasteiger partial charge is 0.466 e. The van der Waals surface area contributed by atoms with Gasteiger partial charge in [0, 0.05) is 5.02 Å². The van der Waals surface area contributed by atoms with Gasteiger partial charge < -0.3 is 9.47 Å². The van der Waals surface area contributed by atoms with Gasteiger partial charge in [0.2, 0.25) is 0 Å². The maximum absolute atomic E-state index is 13.2. The van der Waals surface area contributed by atoms with Crippen LogP contribution in [0.25, 0.3) is 0 Å². The molecule has 0 saturated carbocycles. The number of carbonyl (C=O) groups is 1. The Bertz CT molecular complexity index is 438. The predicted octanol–water partition coefficient (Wildman–Crippen LogP) is 3.19. The number of benzene rings is 1. The Labute approximate surface area is 106 Å². The average Bonchev–Trinajstić information content (AvgIpc) is 2.24. The van der Waals surface area contributed by atoms with E-state index in [1.807, 2.05) is 0 Å². The Hall–Kier alpha value is -1.43. The zero-order valence-electron chi connectivity index (χ0n) is 9.38. The van der Waals surface area contributed by atoms with Crippen LogP contribution >= 0.6 is 11.6 Å². The average molecular weight is 283 g/mol. The van der Waals surface area contributed by atoms with E-state index in [0.717, 1.165) is 12.1 Å². The second-order valence-electron chi connectivity index (χ2n) is 3.23. The molecule has 0 aliphatic heterocycles. The maximum Gasteiger partial charge on any atom is 0.387 e. The Morgan fingerprint density at radius 1 is 1.44 bits per heavy atom. The van der Waals surface area contributed by atoms with E-state index in [-0.39, 0.29) is 23.6 Å². The lowest BCUT2D eigenvalue weighted by molar-refractivity contribution is -0.142. The van der Waals surface area contributed by atoms with Gasteiger partial charge in [-0.1, -0.05) is 11.6 Å². The molecule has 0 aromatic heterocycles. The Morgan fingerprint density at radius 2 is 2.11 bits per heavy atom. The first-order valence-electron chi connectivity index (χ1n) is 5.02. The van der Waals surface area contributed by atoms with Crippen LogP contribution in [0.1, 0.15) is 12.5 Å². The molecule has 0 fully saturated rings. The van der Waals surface area contributed by atoms with E-state index in [1.54, 1.807) is 6.92 Å². The molecule has 0 amide bonds. The molecule has 0 saturated heterocycles. The van der Waals surface area contributed by atoms with Crippen molar-refractivity contribution in [1.82, 2.24) is 0 Å². The van der Waals surface area contributed by atoms with Crippen LogP contribution in [0.3, 0.4) is 0 Å². The second kappa shape index (κ2) is 6.49. The number of ether oxygens (including phenoxy) is 2. The van der Waals surface area contributed by atoms with Gasteiger partial charge in [0.25, 0.3) is 0 Å². The Balaban J connectivity index is 2.94. The zero-order chi connectivity index (χ0) is 13.7. The fourth-order valence-electron chi connectivity index (χ4n) is 1.26. The number of hydrogen-bond donors (Lipinski definition) is 0. The van der Waals surface area contributed by atoms with E-state index in [1.165, 1.54) is 0 Å². The van der Waals surface area contributed by atoms with Crippen molar-refractivity contribution in [1.29, 1.82) is 0 Å². The second-order valence-corrected chi connectivity index (χ2v) is 3.64. The van der Waals surface area contributed by atoms with Gasteiger partial charge in [0.05, 0.1) is 13.0 Å². The highest BCUT2D eigenvalue weighted by Gasteiger charge is 2.16. The summed E-state index contributed by atoms with van der Waals surface area (Å²) in [5, 5.41) is -0.0535. The minimum Gasteiger partial charge on any atom is -0.466 e. The van der Waals surface area contributed by atoms with Gasteiger partial charge in [-0.15, -0.1) is 0 Å².